The Labute approximate surface area is 96.7 Å². The molecule has 1 heterocycles. The summed E-state index contributed by atoms with van der Waals surface area (Å²) < 4.78 is 0. The first-order chi connectivity index (χ1) is 7.56. The van der Waals surface area contributed by atoms with Crippen LogP contribution in [0.1, 0.15) is 6.42 Å². The van der Waals surface area contributed by atoms with E-state index >= 15 is 0 Å². The molecule has 0 aromatic rings. The second-order valence-corrected chi connectivity index (χ2v) is 4.01. The van der Waals surface area contributed by atoms with Gasteiger partial charge in [0.05, 0.1) is 6.04 Å². The molecule has 1 rings (SSSR count). The van der Waals surface area contributed by atoms with Crippen LogP contribution in [0.15, 0.2) is 36.3 Å². The molecule has 2 N–H and O–H groups in total. The van der Waals surface area contributed by atoms with Crippen molar-refractivity contribution in [2.45, 2.75) is 12.5 Å². The maximum Gasteiger partial charge on any atom is 0.136 e. The van der Waals surface area contributed by atoms with Crippen molar-refractivity contribution >= 4 is 6.29 Å². The zero-order valence-corrected chi connectivity index (χ0v) is 9.89. The van der Waals surface area contributed by atoms with E-state index in [4.69, 9.17) is 5.73 Å². The first kappa shape index (κ1) is 12.5. The molecule has 0 saturated heterocycles. The average Bonchev–Trinajstić information content (AvgIpc) is 2.26. The van der Waals surface area contributed by atoms with E-state index in [9.17, 15) is 4.79 Å². The molecular formula is C12H19N3O. The van der Waals surface area contributed by atoms with Crippen LogP contribution in [-0.2, 0) is 4.79 Å². The molecule has 4 heteroatoms. The van der Waals surface area contributed by atoms with Crippen molar-refractivity contribution in [3.8, 4) is 0 Å². The number of aldehydes is 1. The summed E-state index contributed by atoms with van der Waals surface area (Å²) in [4.78, 5) is 14.5. The maximum atomic E-state index is 10.5. The third-order valence-electron chi connectivity index (χ3n) is 2.48. The molecule has 16 heavy (non-hydrogen) atoms. The molecule has 1 aliphatic heterocycles. The zero-order valence-electron chi connectivity index (χ0n) is 9.89. The van der Waals surface area contributed by atoms with Crippen molar-refractivity contribution in [1.29, 1.82) is 0 Å². The lowest BCUT2D eigenvalue weighted by atomic mass is 10.2. The number of allylic oxidation sites excluding steroid dienone is 3. The molecule has 0 aromatic heterocycles. The van der Waals surface area contributed by atoms with E-state index in [0.717, 1.165) is 17.8 Å². The van der Waals surface area contributed by atoms with Gasteiger partial charge in [-0.2, -0.15) is 0 Å². The van der Waals surface area contributed by atoms with Crippen LogP contribution in [0.5, 0.6) is 0 Å². The lowest BCUT2D eigenvalue weighted by molar-refractivity contribution is -0.109. The van der Waals surface area contributed by atoms with Crippen molar-refractivity contribution < 1.29 is 4.79 Å². The highest BCUT2D eigenvalue weighted by molar-refractivity contribution is 5.56. The molecular weight excluding hydrogens is 202 g/mol. The number of carbonyl (C=O) groups is 1. The molecule has 1 unspecified atom stereocenters. The Kier molecular flexibility index (Phi) is 4.31. The van der Waals surface area contributed by atoms with Crippen LogP contribution in [-0.4, -0.2) is 42.8 Å². The van der Waals surface area contributed by atoms with E-state index in [0.29, 0.717) is 13.0 Å². The van der Waals surface area contributed by atoms with Gasteiger partial charge in [0.15, 0.2) is 0 Å². The van der Waals surface area contributed by atoms with E-state index in [1.54, 1.807) is 0 Å². The zero-order chi connectivity index (χ0) is 12.1. The van der Waals surface area contributed by atoms with Gasteiger partial charge in [-0.15, -0.1) is 0 Å². The van der Waals surface area contributed by atoms with Gasteiger partial charge in [0.2, 0.25) is 0 Å². The smallest absolute Gasteiger partial charge is 0.136 e. The third-order valence-corrected chi connectivity index (χ3v) is 2.48. The van der Waals surface area contributed by atoms with Crippen molar-refractivity contribution in [2.75, 3.05) is 20.6 Å². The van der Waals surface area contributed by atoms with E-state index in [1.807, 2.05) is 37.2 Å². The van der Waals surface area contributed by atoms with Crippen molar-refractivity contribution in [3.63, 3.8) is 0 Å². The summed E-state index contributed by atoms with van der Waals surface area (Å²) in [7, 11) is 3.95. The van der Waals surface area contributed by atoms with Crippen LogP contribution in [0.4, 0.5) is 0 Å². The van der Waals surface area contributed by atoms with Gasteiger partial charge in [-0.25, -0.2) is 0 Å². The van der Waals surface area contributed by atoms with Gasteiger partial charge < -0.3 is 20.3 Å². The van der Waals surface area contributed by atoms with Gasteiger partial charge >= 0.3 is 0 Å². The van der Waals surface area contributed by atoms with Crippen LogP contribution in [0.25, 0.3) is 0 Å². The molecule has 0 saturated carbocycles. The van der Waals surface area contributed by atoms with Crippen molar-refractivity contribution in [2.24, 2.45) is 5.73 Å². The predicted molar refractivity (Wildman–Crippen MR) is 65.4 cm³/mol. The summed E-state index contributed by atoms with van der Waals surface area (Å²) in [5, 5.41) is 0. The third kappa shape index (κ3) is 2.97. The monoisotopic (exact) mass is 221 g/mol. The van der Waals surface area contributed by atoms with Crippen LogP contribution in [0, 0.1) is 0 Å². The summed E-state index contributed by atoms with van der Waals surface area (Å²) in [6.45, 7) is 4.68. The van der Waals surface area contributed by atoms with Crippen LogP contribution in [0.3, 0.4) is 0 Å². The SMILES string of the molecule is C=C1C=CC=C(N(C)C)N1CCC(N)C=O. The number of nitrogens with zero attached hydrogens (tertiary/aromatic N) is 2. The van der Waals surface area contributed by atoms with E-state index in [-0.39, 0.29) is 0 Å². The summed E-state index contributed by atoms with van der Waals surface area (Å²) in [6, 6.07) is -0.401. The Hall–Kier alpha value is -1.55. The fourth-order valence-corrected chi connectivity index (χ4v) is 1.57. The Morgan fingerprint density at radius 2 is 2.31 bits per heavy atom. The van der Waals surface area contributed by atoms with Crippen molar-refractivity contribution in [1.82, 2.24) is 9.80 Å². The standard InChI is InChI=1S/C12H19N3O/c1-10-5-4-6-12(14(2)3)15(10)8-7-11(13)9-16/h4-6,9,11H,1,7-8,13H2,2-3H3. The minimum Gasteiger partial charge on any atom is -0.364 e. The highest BCUT2D eigenvalue weighted by atomic mass is 16.1. The maximum absolute atomic E-state index is 10.5. The minimum atomic E-state index is -0.401. The summed E-state index contributed by atoms with van der Waals surface area (Å²) in [5.74, 6) is 1.06. The van der Waals surface area contributed by atoms with Crippen LogP contribution in [0.2, 0.25) is 0 Å². The Morgan fingerprint density at radius 3 is 2.88 bits per heavy atom. The number of hydrogen-bond donors (Lipinski definition) is 1. The molecule has 0 aliphatic carbocycles. The summed E-state index contributed by atoms with van der Waals surface area (Å²) >= 11 is 0. The van der Waals surface area contributed by atoms with Gasteiger partial charge in [-0.05, 0) is 18.6 Å². The Bertz CT molecular complexity index is 331. The van der Waals surface area contributed by atoms with Gasteiger partial charge in [0, 0.05) is 26.3 Å². The molecule has 1 atom stereocenters. The normalized spacial score (nSPS) is 17.1. The summed E-state index contributed by atoms with van der Waals surface area (Å²) in [5.41, 5.74) is 6.50. The molecule has 0 aromatic carbocycles. The Morgan fingerprint density at radius 1 is 1.62 bits per heavy atom. The van der Waals surface area contributed by atoms with Gasteiger partial charge in [0.25, 0.3) is 0 Å². The number of nitrogens with two attached hydrogens (primary N) is 1. The quantitative estimate of drug-likeness (QED) is 0.694. The highest BCUT2D eigenvalue weighted by Crippen LogP contribution is 2.19. The average molecular weight is 221 g/mol. The van der Waals surface area contributed by atoms with Gasteiger partial charge in [-0.3, -0.25) is 0 Å². The number of rotatable bonds is 5. The molecule has 1 aliphatic rings. The second kappa shape index (κ2) is 5.51. The predicted octanol–water partition coefficient (Wildman–Crippen LogP) is 0.691. The minimum absolute atomic E-state index is 0.401. The molecule has 0 amide bonds. The fraction of sp³-hybridized carbons (Fsp3) is 0.417. The number of carbonyl (C=O) groups excluding carboxylic acids is 1. The topological polar surface area (TPSA) is 49.6 Å². The largest absolute Gasteiger partial charge is 0.364 e. The van der Waals surface area contributed by atoms with E-state index in [1.165, 1.54) is 0 Å². The Balaban J connectivity index is 2.68. The van der Waals surface area contributed by atoms with Crippen molar-refractivity contribution in [3.05, 3.63) is 36.3 Å². The second-order valence-electron chi connectivity index (χ2n) is 4.01. The van der Waals surface area contributed by atoms with E-state index < -0.39 is 6.04 Å². The highest BCUT2D eigenvalue weighted by Gasteiger charge is 2.16. The van der Waals surface area contributed by atoms with Gasteiger partial charge in [0.1, 0.15) is 12.1 Å². The number of hydrogen-bond acceptors (Lipinski definition) is 4. The fourth-order valence-electron chi connectivity index (χ4n) is 1.57. The lowest BCUT2D eigenvalue weighted by Gasteiger charge is -2.34. The molecule has 4 nitrogen and oxygen atoms in total. The summed E-state index contributed by atoms with van der Waals surface area (Å²) in [6.07, 6.45) is 7.33. The lowest BCUT2D eigenvalue weighted by Crippen LogP contribution is -2.35. The molecule has 0 spiro atoms. The molecule has 0 bridgehead atoms. The van der Waals surface area contributed by atoms with Crippen LogP contribution >= 0.6 is 0 Å². The first-order valence-electron chi connectivity index (χ1n) is 5.29. The molecule has 0 radical (unpaired) electrons. The van der Waals surface area contributed by atoms with Crippen LogP contribution < -0.4 is 5.73 Å². The molecule has 0 fully saturated rings. The first-order valence-corrected chi connectivity index (χ1v) is 5.29. The molecule has 88 valence electrons. The van der Waals surface area contributed by atoms with Gasteiger partial charge in [-0.1, -0.05) is 12.7 Å². The van der Waals surface area contributed by atoms with E-state index in [2.05, 4.69) is 11.5 Å².